The summed E-state index contributed by atoms with van der Waals surface area (Å²) >= 11 is 0. The number of fused-ring (bicyclic) bond motifs is 3. The number of aromatic nitrogens is 2. The molecule has 0 bridgehead atoms. The molecule has 0 aliphatic heterocycles. The normalized spacial score (nSPS) is 11.2. The molecule has 17 heavy (non-hydrogen) atoms. The summed E-state index contributed by atoms with van der Waals surface area (Å²) in [4.78, 5) is 9.16. The first kappa shape index (κ1) is 10.2. The Morgan fingerprint density at radius 1 is 0.882 bits per heavy atom. The highest BCUT2D eigenvalue weighted by molar-refractivity contribution is 6.03. The van der Waals surface area contributed by atoms with Gasteiger partial charge in [0, 0.05) is 22.7 Å². The molecule has 0 atom stereocenters. The molecule has 2 heterocycles. The lowest BCUT2D eigenvalue weighted by molar-refractivity contribution is 1.20. The molecule has 0 aliphatic carbocycles. The summed E-state index contributed by atoms with van der Waals surface area (Å²) in [5, 5.41) is 2.36. The zero-order chi connectivity index (χ0) is 12.0. The van der Waals surface area contributed by atoms with Crippen molar-refractivity contribution in [2.24, 2.45) is 0 Å². The molecule has 0 aliphatic rings. The van der Waals surface area contributed by atoms with Crippen LogP contribution in [0.2, 0.25) is 0 Å². The van der Waals surface area contributed by atoms with Gasteiger partial charge in [0.25, 0.3) is 0 Å². The van der Waals surface area contributed by atoms with Crippen molar-refractivity contribution in [2.75, 3.05) is 0 Å². The molecule has 0 N–H and O–H groups in total. The van der Waals surface area contributed by atoms with Gasteiger partial charge in [-0.2, -0.15) is 0 Å². The van der Waals surface area contributed by atoms with E-state index in [1.807, 2.05) is 19.2 Å². The van der Waals surface area contributed by atoms with Gasteiger partial charge >= 0.3 is 0 Å². The summed E-state index contributed by atoms with van der Waals surface area (Å²) in [6.07, 6.45) is 1.86. The standard InChI is InChI=1S/C15H14N2/c1-9-6-7-16-15-13(9)5-4-12-8-10(2)11(3)17-14(12)15/h4-8H,1-3H3. The van der Waals surface area contributed by atoms with Crippen LogP contribution in [0.25, 0.3) is 21.8 Å². The molecule has 0 radical (unpaired) electrons. The fraction of sp³-hybridized carbons (Fsp3) is 0.200. The lowest BCUT2D eigenvalue weighted by Crippen LogP contribution is -1.91. The summed E-state index contributed by atoms with van der Waals surface area (Å²) in [5.74, 6) is 0. The number of hydrogen-bond donors (Lipinski definition) is 0. The topological polar surface area (TPSA) is 25.8 Å². The molecule has 2 heteroatoms. The second kappa shape index (κ2) is 3.52. The molecule has 3 aromatic rings. The van der Waals surface area contributed by atoms with Gasteiger partial charge in [0.05, 0.1) is 11.0 Å². The zero-order valence-electron chi connectivity index (χ0n) is 10.3. The van der Waals surface area contributed by atoms with Crippen molar-refractivity contribution in [3.63, 3.8) is 0 Å². The van der Waals surface area contributed by atoms with Gasteiger partial charge in [-0.15, -0.1) is 0 Å². The Labute approximate surface area is 100 Å². The summed E-state index contributed by atoms with van der Waals surface area (Å²) in [7, 11) is 0. The molecule has 0 amide bonds. The van der Waals surface area contributed by atoms with Crippen LogP contribution in [-0.2, 0) is 0 Å². The lowest BCUT2D eigenvalue weighted by atomic mass is 10.1. The van der Waals surface area contributed by atoms with E-state index in [0.717, 1.165) is 16.7 Å². The lowest BCUT2D eigenvalue weighted by Gasteiger charge is -2.07. The van der Waals surface area contributed by atoms with Gasteiger partial charge in [-0.3, -0.25) is 9.97 Å². The fourth-order valence-corrected chi connectivity index (χ4v) is 2.19. The molecule has 1 aromatic carbocycles. The van der Waals surface area contributed by atoms with Crippen LogP contribution in [0, 0.1) is 20.8 Å². The zero-order valence-corrected chi connectivity index (χ0v) is 10.3. The number of pyridine rings is 2. The van der Waals surface area contributed by atoms with E-state index in [-0.39, 0.29) is 0 Å². The van der Waals surface area contributed by atoms with E-state index in [1.165, 1.54) is 21.9 Å². The van der Waals surface area contributed by atoms with Gasteiger partial charge in [0.1, 0.15) is 0 Å². The van der Waals surface area contributed by atoms with Gasteiger partial charge in [-0.25, -0.2) is 0 Å². The molecular weight excluding hydrogens is 208 g/mol. The largest absolute Gasteiger partial charge is 0.254 e. The van der Waals surface area contributed by atoms with Crippen molar-refractivity contribution in [1.82, 2.24) is 9.97 Å². The van der Waals surface area contributed by atoms with Crippen molar-refractivity contribution >= 4 is 21.8 Å². The van der Waals surface area contributed by atoms with Crippen LogP contribution >= 0.6 is 0 Å². The van der Waals surface area contributed by atoms with E-state index in [2.05, 4.69) is 42.0 Å². The van der Waals surface area contributed by atoms with Crippen LogP contribution in [-0.4, -0.2) is 9.97 Å². The van der Waals surface area contributed by atoms with E-state index in [0.29, 0.717) is 0 Å². The second-order valence-electron chi connectivity index (χ2n) is 4.55. The third-order valence-electron chi connectivity index (χ3n) is 3.36. The van der Waals surface area contributed by atoms with Crippen molar-refractivity contribution in [2.45, 2.75) is 20.8 Å². The van der Waals surface area contributed by atoms with E-state index in [1.54, 1.807) is 0 Å². The van der Waals surface area contributed by atoms with Crippen molar-refractivity contribution < 1.29 is 0 Å². The maximum absolute atomic E-state index is 4.68. The molecule has 0 fully saturated rings. The minimum absolute atomic E-state index is 1.01. The molecule has 0 unspecified atom stereocenters. The first-order valence-corrected chi connectivity index (χ1v) is 5.79. The number of benzene rings is 1. The second-order valence-corrected chi connectivity index (χ2v) is 4.55. The van der Waals surface area contributed by atoms with Gasteiger partial charge in [-0.05, 0) is 44.0 Å². The SMILES string of the molecule is Cc1cc2ccc3c(C)ccnc3c2nc1C. The third-order valence-corrected chi connectivity index (χ3v) is 3.36. The predicted octanol–water partition coefficient (Wildman–Crippen LogP) is 3.71. The molecule has 0 saturated carbocycles. The molecule has 2 nitrogen and oxygen atoms in total. The first-order chi connectivity index (χ1) is 8.16. The Balaban J connectivity index is 2.55. The van der Waals surface area contributed by atoms with Gasteiger partial charge in [0.15, 0.2) is 0 Å². The predicted molar refractivity (Wildman–Crippen MR) is 71.3 cm³/mol. The Kier molecular flexibility index (Phi) is 2.11. The number of aryl methyl sites for hydroxylation is 3. The third kappa shape index (κ3) is 1.48. The molecular formula is C15H14N2. The van der Waals surface area contributed by atoms with Crippen LogP contribution in [0.5, 0.6) is 0 Å². The molecule has 0 saturated heterocycles. The van der Waals surface area contributed by atoms with Crippen LogP contribution in [0.15, 0.2) is 30.5 Å². The van der Waals surface area contributed by atoms with Crippen LogP contribution in [0.1, 0.15) is 16.8 Å². The summed E-state index contributed by atoms with van der Waals surface area (Å²) in [6, 6.07) is 8.48. The fourth-order valence-electron chi connectivity index (χ4n) is 2.19. The van der Waals surface area contributed by atoms with Crippen molar-refractivity contribution in [1.29, 1.82) is 0 Å². The highest BCUT2D eigenvalue weighted by Gasteiger charge is 2.06. The minimum Gasteiger partial charge on any atom is -0.254 e. The van der Waals surface area contributed by atoms with Gasteiger partial charge < -0.3 is 0 Å². The minimum atomic E-state index is 1.01. The summed E-state index contributed by atoms with van der Waals surface area (Å²) in [5.41, 5.74) is 5.56. The summed E-state index contributed by atoms with van der Waals surface area (Å²) in [6.45, 7) is 6.25. The van der Waals surface area contributed by atoms with E-state index in [4.69, 9.17) is 0 Å². The maximum atomic E-state index is 4.68. The van der Waals surface area contributed by atoms with Gasteiger partial charge in [0.2, 0.25) is 0 Å². The number of nitrogens with zero attached hydrogens (tertiary/aromatic N) is 2. The van der Waals surface area contributed by atoms with Crippen LogP contribution in [0.4, 0.5) is 0 Å². The Morgan fingerprint density at radius 3 is 2.53 bits per heavy atom. The molecule has 84 valence electrons. The highest BCUT2D eigenvalue weighted by atomic mass is 14.7. The quantitative estimate of drug-likeness (QED) is 0.542. The number of hydrogen-bond acceptors (Lipinski definition) is 2. The Bertz CT molecular complexity index is 730. The maximum Gasteiger partial charge on any atom is 0.0968 e. The van der Waals surface area contributed by atoms with Crippen molar-refractivity contribution in [3.8, 4) is 0 Å². The highest BCUT2D eigenvalue weighted by Crippen LogP contribution is 2.25. The average Bonchev–Trinajstić information content (AvgIpc) is 2.31. The monoisotopic (exact) mass is 222 g/mol. The average molecular weight is 222 g/mol. The van der Waals surface area contributed by atoms with Crippen molar-refractivity contribution in [3.05, 3.63) is 47.3 Å². The van der Waals surface area contributed by atoms with E-state index >= 15 is 0 Å². The smallest absolute Gasteiger partial charge is 0.0968 e. The molecule has 0 spiro atoms. The van der Waals surface area contributed by atoms with E-state index < -0.39 is 0 Å². The van der Waals surface area contributed by atoms with Crippen LogP contribution in [0.3, 0.4) is 0 Å². The molecule has 2 aromatic heterocycles. The number of rotatable bonds is 0. The van der Waals surface area contributed by atoms with Gasteiger partial charge in [-0.1, -0.05) is 12.1 Å². The first-order valence-electron chi connectivity index (χ1n) is 5.79. The van der Waals surface area contributed by atoms with Crippen LogP contribution < -0.4 is 0 Å². The molecule has 3 rings (SSSR count). The summed E-state index contributed by atoms with van der Waals surface area (Å²) < 4.78 is 0. The van der Waals surface area contributed by atoms with E-state index in [9.17, 15) is 0 Å². The Morgan fingerprint density at radius 2 is 1.71 bits per heavy atom. The Hall–Kier alpha value is -1.96.